The predicted molar refractivity (Wildman–Crippen MR) is 283 cm³/mol. The number of hydrogen-bond donors (Lipinski definition) is 0. The molecular weight excluding hydrogens is 953 g/mol. The van der Waals surface area contributed by atoms with Gasteiger partial charge in [0.05, 0.1) is 33.3 Å². The number of alkyl halides is 2. The molecule has 0 N–H and O–H groups in total. The third-order valence-corrected chi connectivity index (χ3v) is 14.3. The van der Waals surface area contributed by atoms with Crippen LogP contribution in [0.5, 0.6) is 11.5 Å². The van der Waals surface area contributed by atoms with Gasteiger partial charge in [-0.05, 0) is 131 Å². The van der Waals surface area contributed by atoms with Gasteiger partial charge < -0.3 is 38.4 Å². The first-order chi connectivity index (χ1) is 33.8. The quantitative estimate of drug-likeness (QED) is 0.124. The number of aromatic nitrogens is 4. The molecular formula is C54H62BBrF2N8O4. The molecule has 366 valence electrons. The molecule has 11 rings (SSSR count). The largest absolute Gasteiger partial charge is 0.494 e. The van der Waals surface area contributed by atoms with Crippen LogP contribution in [0, 0.1) is 0 Å². The van der Waals surface area contributed by atoms with Gasteiger partial charge >= 0.3 is 7.12 Å². The van der Waals surface area contributed by atoms with Crippen LogP contribution in [0.3, 0.4) is 0 Å². The highest BCUT2D eigenvalue weighted by Gasteiger charge is 2.51. The predicted octanol–water partition coefficient (Wildman–Crippen LogP) is 9.59. The van der Waals surface area contributed by atoms with Gasteiger partial charge in [0.2, 0.25) is 0 Å². The van der Waals surface area contributed by atoms with Crippen LogP contribution in [0.2, 0.25) is 0 Å². The maximum Gasteiger partial charge on any atom is 0.494 e. The van der Waals surface area contributed by atoms with Crippen LogP contribution in [0.15, 0.2) is 126 Å². The number of hydrogen-bond acceptors (Lipinski definition) is 10. The fraction of sp³-hybridized carbons (Fsp3) is 0.370. The van der Waals surface area contributed by atoms with Gasteiger partial charge in [-0.15, -0.1) is 0 Å². The average molecular weight is 1020 g/mol. The van der Waals surface area contributed by atoms with Crippen LogP contribution in [-0.4, -0.2) is 140 Å². The van der Waals surface area contributed by atoms with E-state index in [-0.39, 0.29) is 31.5 Å². The Balaban J connectivity index is 0.000000135. The summed E-state index contributed by atoms with van der Waals surface area (Å²) >= 11 is 3.42. The van der Waals surface area contributed by atoms with E-state index in [4.69, 9.17) is 23.8 Å². The van der Waals surface area contributed by atoms with Crippen molar-refractivity contribution in [2.24, 2.45) is 0 Å². The second-order valence-electron chi connectivity index (χ2n) is 19.1. The Kier molecular flexibility index (Phi) is 15.0. The zero-order valence-electron chi connectivity index (χ0n) is 41.0. The van der Waals surface area contributed by atoms with E-state index in [2.05, 4.69) is 143 Å². The minimum atomic E-state index is -0.498. The van der Waals surface area contributed by atoms with Gasteiger partial charge in [0, 0.05) is 92.7 Å². The van der Waals surface area contributed by atoms with Crippen LogP contribution < -0.4 is 24.7 Å². The average Bonchev–Trinajstić information content (AvgIpc) is 3.99. The van der Waals surface area contributed by atoms with Crippen molar-refractivity contribution >= 4 is 73.2 Å². The summed E-state index contributed by atoms with van der Waals surface area (Å²) in [6.07, 6.45) is 3.97. The lowest BCUT2D eigenvalue weighted by Gasteiger charge is -2.34. The lowest BCUT2D eigenvalue weighted by Crippen LogP contribution is -2.44. The zero-order valence-corrected chi connectivity index (χ0v) is 42.5. The molecule has 4 aromatic heterocycles. The summed E-state index contributed by atoms with van der Waals surface area (Å²) in [7, 11) is 4.08. The molecule has 0 unspecified atom stereocenters. The van der Waals surface area contributed by atoms with Crippen LogP contribution in [0.1, 0.15) is 27.7 Å². The highest BCUT2D eigenvalue weighted by atomic mass is 79.9. The first kappa shape index (κ1) is 49.2. The number of ether oxygens (including phenoxy) is 2. The summed E-state index contributed by atoms with van der Waals surface area (Å²) in [5.74, 6) is 1.32. The summed E-state index contributed by atoms with van der Waals surface area (Å²) < 4.78 is 52.4. The van der Waals surface area contributed by atoms with Crippen molar-refractivity contribution in [1.82, 2.24) is 28.6 Å². The van der Waals surface area contributed by atoms with E-state index in [0.29, 0.717) is 11.5 Å². The van der Waals surface area contributed by atoms with Crippen molar-refractivity contribution in [3.8, 4) is 22.6 Å². The number of pyridine rings is 2. The Bertz CT molecular complexity index is 3010. The normalized spacial score (nSPS) is 17.2. The molecule has 0 saturated carbocycles. The molecule has 70 heavy (non-hydrogen) atoms. The molecule has 3 aliphatic rings. The molecule has 0 bridgehead atoms. The van der Waals surface area contributed by atoms with Gasteiger partial charge in [0.25, 0.3) is 0 Å². The molecule has 3 fully saturated rings. The maximum atomic E-state index is 12.4. The van der Waals surface area contributed by atoms with E-state index >= 15 is 0 Å². The molecule has 7 heterocycles. The van der Waals surface area contributed by atoms with Crippen molar-refractivity contribution < 1.29 is 27.6 Å². The highest BCUT2D eigenvalue weighted by Crippen LogP contribution is 2.37. The SMILES string of the molecule is CN1CCN(c2ccc(-c3ccn4c(c3)nc3ccc(OCCF)cc34)cc2)CC1.CN1CCN(c2ccc(B3OC(C)(C)C(C)(C)O3)cc2)CC1.FCCOc1ccc2nc3cc(Br)ccn3c2c1. The number of imidazole rings is 2. The summed E-state index contributed by atoms with van der Waals surface area (Å²) in [6.45, 7) is 16.3. The summed E-state index contributed by atoms with van der Waals surface area (Å²) in [4.78, 5) is 18.9. The maximum absolute atomic E-state index is 12.4. The zero-order chi connectivity index (χ0) is 49.0. The number of benzene rings is 4. The van der Waals surface area contributed by atoms with Crippen LogP contribution in [0.25, 0.3) is 44.5 Å². The van der Waals surface area contributed by atoms with Crippen molar-refractivity contribution in [3.63, 3.8) is 0 Å². The molecule has 3 saturated heterocycles. The number of nitrogens with zero attached hydrogens (tertiary/aromatic N) is 8. The number of piperazine rings is 2. The lowest BCUT2D eigenvalue weighted by molar-refractivity contribution is 0.00578. The minimum absolute atomic E-state index is 0.0660. The summed E-state index contributed by atoms with van der Waals surface area (Å²) in [5, 5.41) is 0. The molecule has 8 aromatic rings. The third-order valence-electron chi connectivity index (χ3n) is 13.8. The monoisotopic (exact) mass is 1010 g/mol. The molecule has 4 aromatic carbocycles. The fourth-order valence-electron chi connectivity index (χ4n) is 8.85. The second-order valence-corrected chi connectivity index (χ2v) is 20.0. The highest BCUT2D eigenvalue weighted by molar-refractivity contribution is 9.10. The topological polar surface area (TPSA) is 84.5 Å². The molecule has 3 aliphatic heterocycles. The number of halogens is 3. The van der Waals surface area contributed by atoms with E-state index in [0.717, 1.165) is 101 Å². The van der Waals surface area contributed by atoms with Crippen molar-refractivity contribution in [2.45, 2.75) is 38.9 Å². The standard InChI is InChI=1S/C24H25FN4O.C17H27BN2O2.C13H10BrFN2O/c1-27-11-13-28(14-12-27)20-4-2-18(3-5-20)19-8-10-29-23-17-21(30-15-9-25)6-7-22(23)26-24(29)16-19;1-16(2)17(3,4)22-18(21-16)14-6-8-15(9-7-14)20-12-10-19(5)11-13-20;14-9-3-5-17-12-8-10(18-6-4-15)1-2-11(12)16-13(17)7-9/h2-8,10,16-17H,9,11-15H2,1H3;6-9H,10-13H2,1-5H3;1-3,5,7-8H,4,6H2. The summed E-state index contributed by atoms with van der Waals surface area (Å²) in [5.41, 5.74) is 10.8. The Morgan fingerprint density at radius 3 is 1.50 bits per heavy atom. The fourth-order valence-corrected chi connectivity index (χ4v) is 9.17. The Hall–Kier alpha value is -5.78. The van der Waals surface area contributed by atoms with Gasteiger partial charge in [0.1, 0.15) is 49.4 Å². The lowest BCUT2D eigenvalue weighted by atomic mass is 9.79. The van der Waals surface area contributed by atoms with Crippen LogP contribution in [0.4, 0.5) is 20.2 Å². The van der Waals surface area contributed by atoms with Crippen molar-refractivity contribution in [2.75, 3.05) is 103 Å². The number of likely N-dealkylation sites (N-methyl/N-ethyl adjacent to an activating group) is 2. The van der Waals surface area contributed by atoms with E-state index in [1.54, 1.807) is 6.07 Å². The van der Waals surface area contributed by atoms with Crippen molar-refractivity contribution in [1.29, 1.82) is 0 Å². The minimum Gasteiger partial charge on any atom is -0.491 e. The molecule has 16 heteroatoms. The first-order valence-corrected chi connectivity index (χ1v) is 24.9. The van der Waals surface area contributed by atoms with Gasteiger partial charge in [-0.1, -0.05) is 40.2 Å². The molecule has 0 amide bonds. The van der Waals surface area contributed by atoms with E-state index in [1.807, 2.05) is 63.7 Å². The van der Waals surface area contributed by atoms with Gasteiger partial charge in [0.15, 0.2) is 0 Å². The summed E-state index contributed by atoms with van der Waals surface area (Å²) in [6, 6.07) is 36.8. The van der Waals surface area contributed by atoms with Crippen molar-refractivity contribution in [3.05, 3.63) is 126 Å². The van der Waals surface area contributed by atoms with Gasteiger partial charge in [-0.2, -0.15) is 0 Å². The van der Waals surface area contributed by atoms with E-state index in [9.17, 15) is 8.78 Å². The van der Waals surface area contributed by atoms with Gasteiger partial charge in [-0.3, -0.25) is 8.80 Å². The number of anilines is 2. The molecule has 0 atom stereocenters. The Morgan fingerprint density at radius 1 is 0.557 bits per heavy atom. The molecule has 0 aliphatic carbocycles. The van der Waals surface area contributed by atoms with Gasteiger partial charge in [-0.25, -0.2) is 18.7 Å². The second kappa shape index (κ2) is 21.3. The molecule has 12 nitrogen and oxygen atoms in total. The number of fused-ring (bicyclic) bond motifs is 6. The van der Waals surface area contributed by atoms with Crippen LogP contribution in [-0.2, 0) is 9.31 Å². The Labute approximate surface area is 418 Å². The molecule has 0 radical (unpaired) electrons. The Morgan fingerprint density at radius 2 is 1.01 bits per heavy atom. The smallest absolute Gasteiger partial charge is 0.491 e. The van der Waals surface area contributed by atoms with Crippen LogP contribution >= 0.6 is 15.9 Å². The molecule has 0 spiro atoms. The van der Waals surface area contributed by atoms with E-state index in [1.165, 1.54) is 16.9 Å². The third kappa shape index (κ3) is 11.1. The first-order valence-electron chi connectivity index (χ1n) is 24.1. The van der Waals surface area contributed by atoms with E-state index < -0.39 is 13.3 Å². The number of rotatable bonds is 10.